The number of nitrogens with one attached hydrogen (secondary N) is 1. The number of rotatable bonds is 2. The Morgan fingerprint density at radius 1 is 1.29 bits per heavy atom. The third-order valence-corrected chi connectivity index (χ3v) is 2.83. The minimum absolute atomic E-state index is 1.02. The summed E-state index contributed by atoms with van der Waals surface area (Å²) in [7, 11) is 0. The van der Waals surface area contributed by atoms with Crippen LogP contribution in [0.3, 0.4) is 0 Å². The predicted octanol–water partition coefficient (Wildman–Crippen LogP) is 3.00. The van der Waals surface area contributed by atoms with Gasteiger partial charge in [0, 0.05) is 17.8 Å². The smallest absolute Gasteiger partial charge is 0.137 e. The summed E-state index contributed by atoms with van der Waals surface area (Å²) < 4.78 is 0. The molecule has 0 atom stereocenters. The largest absolute Gasteiger partial charge is 0.346 e. The van der Waals surface area contributed by atoms with Gasteiger partial charge in [-0.1, -0.05) is 13.8 Å². The van der Waals surface area contributed by atoms with Crippen LogP contribution < -0.4 is 0 Å². The van der Waals surface area contributed by atoms with Gasteiger partial charge in [-0.25, -0.2) is 4.98 Å². The van der Waals surface area contributed by atoms with Crippen LogP contribution in [0.4, 0.5) is 0 Å². The van der Waals surface area contributed by atoms with E-state index in [0.717, 1.165) is 18.5 Å². The first kappa shape index (κ1) is 9.25. The SMILES string of the molecule is CCc1cnc2[nH]cc(C)c2c1CC. The molecule has 74 valence electrons. The van der Waals surface area contributed by atoms with E-state index in [1.807, 2.05) is 12.4 Å². The third kappa shape index (κ3) is 1.22. The number of hydrogen-bond acceptors (Lipinski definition) is 1. The quantitative estimate of drug-likeness (QED) is 0.771. The van der Waals surface area contributed by atoms with Crippen molar-refractivity contribution in [2.45, 2.75) is 33.6 Å². The lowest BCUT2D eigenvalue weighted by Gasteiger charge is -2.07. The molecule has 0 amide bonds. The van der Waals surface area contributed by atoms with Gasteiger partial charge >= 0.3 is 0 Å². The number of aromatic amines is 1. The first-order chi connectivity index (χ1) is 6.77. The van der Waals surface area contributed by atoms with Crippen LogP contribution in [0, 0.1) is 6.92 Å². The van der Waals surface area contributed by atoms with Crippen LogP contribution in [0.25, 0.3) is 11.0 Å². The van der Waals surface area contributed by atoms with Crippen LogP contribution in [-0.4, -0.2) is 9.97 Å². The van der Waals surface area contributed by atoms with Gasteiger partial charge in [0.1, 0.15) is 5.65 Å². The van der Waals surface area contributed by atoms with E-state index >= 15 is 0 Å². The lowest BCUT2D eigenvalue weighted by atomic mass is 10.0. The molecule has 0 spiro atoms. The van der Waals surface area contributed by atoms with Crippen molar-refractivity contribution in [3.63, 3.8) is 0 Å². The monoisotopic (exact) mass is 188 g/mol. The van der Waals surface area contributed by atoms with E-state index in [4.69, 9.17) is 0 Å². The van der Waals surface area contributed by atoms with Crippen LogP contribution in [0.2, 0.25) is 0 Å². The Labute approximate surface area is 84.4 Å². The highest BCUT2D eigenvalue weighted by molar-refractivity contribution is 5.84. The molecular formula is C12H16N2. The highest BCUT2D eigenvalue weighted by atomic mass is 14.8. The molecule has 0 fully saturated rings. The van der Waals surface area contributed by atoms with Crippen molar-refractivity contribution < 1.29 is 0 Å². The van der Waals surface area contributed by atoms with Gasteiger partial charge in [-0.3, -0.25) is 0 Å². The summed E-state index contributed by atoms with van der Waals surface area (Å²) in [6.45, 7) is 6.53. The average molecular weight is 188 g/mol. The molecule has 14 heavy (non-hydrogen) atoms. The Morgan fingerprint density at radius 3 is 2.71 bits per heavy atom. The summed E-state index contributed by atoms with van der Waals surface area (Å²) in [5.74, 6) is 0. The molecule has 0 aliphatic carbocycles. The van der Waals surface area contributed by atoms with Gasteiger partial charge < -0.3 is 4.98 Å². The molecule has 0 saturated carbocycles. The molecule has 2 aromatic heterocycles. The Bertz CT molecular complexity index is 455. The fourth-order valence-corrected chi connectivity index (χ4v) is 2.08. The molecule has 2 heterocycles. The summed E-state index contributed by atoms with van der Waals surface area (Å²) in [5, 5.41) is 1.33. The molecule has 1 N–H and O–H groups in total. The number of hydrogen-bond donors (Lipinski definition) is 1. The molecule has 0 radical (unpaired) electrons. The number of H-pyrrole nitrogens is 1. The molecule has 0 aliphatic heterocycles. The maximum absolute atomic E-state index is 4.43. The third-order valence-electron chi connectivity index (χ3n) is 2.83. The van der Waals surface area contributed by atoms with Crippen molar-refractivity contribution >= 4 is 11.0 Å². The first-order valence-electron chi connectivity index (χ1n) is 5.22. The zero-order valence-corrected chi connectivity index (χ0v) is 9.02. The van der Waals surface area contributed by atoms with E-state index < -0.39 is 0 Å². The number of aryl methyl sites for hydroxylation is 3. The second kappa shape index (κ2) is 3.45. The molecule has 0 aromatic carbocycles. The average Bonchev–Trinajstić information content (AvgIpc) is 2.59. The summed E-state index contributed by atoms with van der Waals surface area (Å²) >= 11 is 0. The fraction of sp³-hybridized carbons (Fsp3) is 0.417. The topological polar surface area (TPSA) is 28.7 Å². The fourth-order valence-electron chi connectivity index (χ4n) is 2.08. The van der Waals surface area contributed by atoms with Crippen molar-refractivity contribution in [1.29, 1.82) is 0 Å². The first-order valence-corrected chi connectivity index (χ1v) is 5.22. The van der Waals surface area contributed by atoms with Gasteiger partial charge in [0.25, 0.3) is 0 Å². The predicted molar refractivity (Wildman–Crippen MR) is 59.6 cm³/mol. The summed E-state index contributed by atoms with van der Waals surface area (Å²) in [5.41, 5.74) is 5.16. The van der Waals surface area contributed by atoms with Crippen LogP contribution in [-0.2, 0) is 12.8 Å². The Balaban J connectivity index is 2.81. The van der Waals surface area contributed by atoms with Crippen LogP contribution >= 0.6 is 0 Å². The second-order valence-electron chi connectivity index (χ2n) is 3.66. The Morgan fingerprint density at radius 2 is 2.07 bits per heavy atom. The molecule has 0 saturated heterocycles. The number of nitrogens with zero attached hydrogens (tertiary/aromatic N) is 1. The normalized spacial score (nSPS) is 11.1. The molecule has 2 heteroatoms. The van der Waals surface area contributed by atoms with E-state index in [2.05, 4.69) is 30.7 Å². The van der Waals surface area contributed by atoms with E-state index in [9.17, 15) is 0 Å². The molecular weight excluding hydrogens is 172 g/mol. The lowest BCUT2D eigenvalue weighted by Crippen LogP contribution is -1.94. The van der Waals surface area contributed by atoms with Crippen molar-refractivity contribution in [3.8, 4) is 0 Å². The van der Waals surface area contributed by atoms with Crippen molar-refractivity contribution in [2.75, 3.05) is 0 Å². The minimum atomic E-state index is 1.02. The van der Waals surface area contributed by atoms with Crippen LogP contribution in [0.15, 0.2) is 12.4 Å². The number of aromatic nitrogens is 2. The molecule has 2 nitrogen and oxygen atoms in total. The van der Waals surface area contributed by atoms with Crippen molar-refractivity contribution in [2.24, 2.45) is 0 Å². The molecule has 2 aromatic rings. The second-order valence-corrected chi connectivity index (χ2v) is 3.66. The van der Waals surface area contributed by atoms with Gasteiger partial charge in [0.2, 0.25) is 0 Å². The summed E-state index contributed by atoms with van der Waals surface area (Å²) in [6.07, 6.45) is 6.19. The van der Waals surface area contributed by atoms with Gasteiger partial charge in [-0.15, -0.1) is 0 Å². The molecule has 0 bridgehead atoms. The zero-order chi connectivity index (χ0) is 10.1. The van der Waals surface area contributed by atoms with Crippen molar-refractivity contribution in [1.82, 2.24) is 9.97 Å². The van der Waals surface area contributed by atoms with E-state index in [0.29, 0.717) is 0 Å². The molecule has 2 rings (SSSR count). The lowest BCUT2D eigenvalue weighted by molar-refractivity contribution is 1.03. The van der Waals surface area contributed by atoms with Crippen molar-refractivity contribution in [3.05, 3.63) is 29.1 Å². The highest BCUT2D eigenvalue weighted by Gasteiger charge is 2.09. The Kier molecular flexibility index (Phi) is 2.28. The maximum Gasteiger partial charge on any atom is 0.137 e. The minimum Gasteiger partial charge on any atom is -0.346 e. The summed E-state index contributed by atoms with van der Waals surface area (Å²) in [4.78, 5) is 7.63. The van der Waals surface area contributed by atoms with E-state index in [-0.39, 0.29) is 0 Å². The maximum atomic E-state index is 4.43. The molecule has 0 unspecified atom stereocenters. The van der Waals surface area contributed by atoms with Crippen LogP contribution in [0.5, 0.6) is 0 Å². The van der Waals surface area contributed by atoms with Crippen LogP contribution in [0.1, 0.15) is 30.5 Å². The van der Waals surface area contributed by atoms with Gasteiger partial charge in [-0.05, 0) is 36.5 Å². The van der Waals surface area contributed by atoms with Gasteiger partial charge in [0.05, 0.1) is 0 Å². The summed E-state index contributed by atoms with van der Waals surface area (Å²) in [6, 6.07) is 0. The van der Waals surface area contributed by atoms with E-state index in [1.54, 1.807) is 0 Å². The Hall–Kier alpha value is -1.31. The number of pyridine rings is 1. The zero-order valence-electron chi connectivity index (χ0n) is 9.02. The van der Waals surface area contributed by atoms with Gasteiger partial charge in [0.15, 0.2) is 0 Å². The number of fused-ring (bicyclic) bond motifs is 1. The highest BCUT2D eigenvalue weighted by Crippen LogP contribution is 2.24. The molecule has 0 aliphatic rings. The standard InChI is InChI=1S/C12H16N2/c1-4-9-7-14-12-11(10(9)5-2)8(3)6-13-12/h6-7H,4-5H2,1-3H3,(H,13,14). The van der Waals surface area contributed by atoms with Gasteiger partial charge in [-0.2, -0.15) is 0 Å². The van der Waals surface area contributed by atoms with E-state index in [1.165, 1.54) is 22.1 Å².